The van der Waals surface area contributed by atoms with E-state index < -0.39 is 0 Å². The van der Waals surface area contributed by atoms with E-state index in [9.17, 15) is 9.59 Å². The maximum absolute atomic E-state index is 12.2. The van der Waals surface area contributed by atoms with Gasteiger partial charge in [-0.2, -0.15) is 10.5 Å². The lowest BCUT2D eigenvalue weighted by Crippen LogP contribution is -2.04. The van der Waals surface area contributed by atoms with E-state index in [0.29, 0.717) is 21.2 Å². The fraction of sp³-hybridized carbons (Fsp3) is 0.0400. The Bertz CT molecular complexity index is 1210. The van der Waals surface area contributed by atoms with Gasteiger partial charge in [-0.1, -0.05) is 65.7 Å². The second-order valence-electron chi connectivity index (χ2n) is 6.29. The van der Waals surface area contributed by atoms with Gasteiger partial charge in [0.25, 0.3) is 0 Å². The Morgan fingerprint density at radius 1 is 0.844 bits per heavy atom. The lowest BCUT2D eigenvalue weighted by atomic mass is 10.1. The van der Waals surface area contributed by atoms with Gasteiger partial charge in [0.2, 0.25) is 5.78 Å². The van der Waals surface area contributed by atoms with Gasteiger partial charge in [0, 0.05) is 33.1 Å². The zero-order chi connectivity index (χ0) is 23.3. The third-order valence-corrected chi connectivity index (χ3v) is 4.47. The number of nitriles is 2. The molecule has 7 heteroatoms. The van der Waals surface area contributed by atoms with E-state index in [4.69, 9.17) is 33.7 Å². The third-order valence-electron chi connectivity index (χ3n) is 4.00. The van der Waals surface area contributed by atoms with Gasteiger partial charge in [0.1, 0.15) is 11.6 Å². The zero-order valence-electron chi connectivity index (χ0n) is 16.8. The molecule has 0 atom stereocenters. The number of rotatable bonds is 6. The first kappa shape index (κ1) is 24.4. The molecule has 0 aliphatic heterocycles. The van der Waals surface area contributed by atoms with Crippen LogP contribution in [0.3, 0.4) is 0 Å². The van der Waals surface area contributed by atoms with Crippen molar-refractivity contribution in [3.8, 4) is 12.1 Å². The number of hydrogen-bond donors (Lipinski definition) is 1. The molecule has 0 saturated carbocycles. The summed E-state index contributed by atoms with van der Waals surface area (Å²) in [5.41, 5.74) is 1.71. The van der Waals surface area contributed by atoms with Gasteiger partial charge in [0.05, 0.1) is 12.5 Å². The maximum atomic E-state index is 12.2. The topological polar surface area (TPSA) is 93.8 Å². The van der Waals surface area contributed by atoms with Gasteiger partial charge in [-0.25, -0.2) is 0 Å². The molecule has 0 bridgehead atoms. The second kappa shape index (κ2) is 12.7. The molecule has 0 unspecified atom stereocenters. The number of Topliss-reactive ketones (excluding diaryl/α,β-unsaturated/α-hetero) is 2. The highest BCUT2D eigenvalue weighted by atomic mass is 35.5. The van der Waals surface area contributed by atoms with Crippen molar-refractivity contribution < 1.29 is 9.59 Å². The minimum Gasteiger partial charge on any atom is -0.360 e. The highest BCUT2D eigenvalue weighted by molar-refractivity contribution is 6.31. The summed E-state index contributed by atoms with van der Waals surface area (Å²) < 4.78 is 0. The van der Waals surface area contributed by atoms with Gasteiger partial charge in [-0.3, -0.25) is 9.59 Å². The Hall–Kier alpha value is -3.90. The van der Waals surface area contributed by atoms with Gasteiger partial charge >= 0.3 is 0 Å². The van der Waals surface area contributed by atoms with Crippen molar-refractivity contribution in [2.45, 2.75) is 6.42 Å². The molecule has 158 valence electrons. The molecular formula is C25H17Cl2N3O2. The number of ketones is 2. The van der Waals surface area contributed by atoms with Crippen LogP contribution in [0.5, 0.6) is 0 Å². The van der Waals surface area contributed by atoms with Crippen LogP contribution in [-0.4, -0.2) is 11.6 Å². The lowest BCUT2D eigenvalue weighted by Gasteiger charge is -2.02. The van der Waals surface area contributed by atoms with Crippen molar-refractivity contribution in [2.75, 3.05) is 5.32 Å². The van der Waals surface area contributed by atoms with E-state index >= 15 is 0 Å². The Balaban J connectivity index is 0.000000258. The van der Waals surface area contributed by atoms with Crippen molar-refractivity contribution in [2.24, 2.45) is 0 Å². The van der Waals surface area contributed by atoms with E-state index in [1.54, 1.807) is 48.5 Å². The molecule has 1 N–H and O–H groups in total. The Morgan fingerprint density at radius 3 is 2.00 bits per heavy atom. The molecular weight excluding hydrogens is 445 g/mol. The fourth-order valence-corrected chi connectivity index (χ4v) is 2.84. The van der Waals surface area contributed by atoms with Crippen molar-refractivity contribution in [3.63, 3.8) is 0 Å². The van der Waals surface area contributed by atoms with Crippen LogP contribution in [0.2, 0.25) is 10.0 Å². The van der Waals surface area contributed by atoms with Crippen LogP contribution in [0.1, 0.15) is 27.1 Å². The van der Waals surface area contributed by atoms with Gasteiger partial charge in [-0.05, 0) is 36.4 Å². The number of carbonyl (C=O) groups is 2. The number of hydrogen-bond acceptors (Lipinski definition) is 5. The quantitative estimate of drug-likeness (QED) is 0.257. The number of anilines is 1. The molecule has 3 aromatic rings. The van der Waals surface area contributed by atoms with E-state index in [-0.39, 0.29) is 23.6 Å². The number of para-hydroxylation sites is 1. The number of nitrogens with one attached hydrogen (secondary N) is 1. The summed E-state index contributed by atoms with van der Waals surface area (Å²) in [6.07, 6.45) is 1.30. The van der Waals surface area contributed by atoms with Crippen LogP contribution < -0.4 is 5.32 Å². The summed E-state index contributed by atoms with van der Waals surface area (Å²) in [6, 6.07) is 26.1. The van der Waals surface area contributed by atoms with Crippen LogP contribution >= 0.6 is 23.2 Å². The second-order valence-corrected chi connectivity index (χ2v) is 7.16. The number of halogens is 2. The molecule has 0 spiro atoms. The monoisotopic (exact) mass is 461 g/mol. The standard InChI is InChI=1S/C16H11ClN2O.C9H6ClNO/c17-14-6-4-5-12(9-14)16(20)13(10-18)11-19-15-7-2-1-3-8-15;10-8-3-1-2-7(6-8)9(12)4-5-11/h1-9,11,19H;1-3,6H,4H2. The molecule has 0 fully saturated rings. The van der Waals surface area contributed by atoms with Gasteiger partial charge < -0.3 is 5.32 Å². The molecule has 0 saturated heterocycles. The molecule has 0 radical (unpaired) electrons. The van der Waals surface area contributed by atoms with Crippen LogP contribution in [0.4, 0.5) is 5.69 Å². The zero-order valence-corrected chi connectivity index (χ0v) is 18.3. The molecule has 0 aliphatic carbocycles. The number of allylic oxidation sites excluding steroid dienone is 1. The predicted octanol–water partition coefficient (Wildman–Crippen LogP) is 6.48. The van der Waals surface area contributed by atoms with Crippen LogP contribution in [0.25, 0.3) is 0 Å². The highest BCUT2D eigenvalue weighted by Gasteiger charge is 2.12. The Morgan fingerprint density at radius 2 is 1.44 bits per heavy atom. The number of benzene rings is 3. The summed E-state index contributed by atoms with van der Waals surface area (Å²) in [7, 11) is 0. The molecule has 5 nitrogen and oxygen atoms in total. The first-order valence-electron chi connectivity index (χ1n) is 9.32. The fourth-order valence-electron chi connectivity index (χ4n) is 2.46. The van der Waals surface area contributed by atoms with E-state index in [0.717, 1.165) is 5.69 Å². The summed E-state index contributed by atoms with van der Waals surface area (Å²) >= 11 is 11.5. The average Bonchev–Trinajstić information content (AvgIpc) is 2.80. The van der Waals surface area contributed by atoms with Crippen LogP contribution in [0, 0.1) is 22.7 Å². The molecule has 0 aromatic heterocycles. The van der Waals surface area contributed by atoms with Crippen molar-refractivity contribution in [1.29, 1.82) is 10.5 Å². The summed E-state index contributed by atoms with van der Waals surface area (Å²) in [5, 5.41) is 21.3. The molecule has 3 aromatic carbocycles. The Kier molecular flexibility index (Phi) is 9.69. The van der Waals surface area contributed by atoms with Crippen LogP contribution in [0.15, 0.2) is 90.6 Å². The van der Waals surface area contributed by atoms with Crippen molar-refractivity contribution >= 4 is 40.5 Å². The number of carbonyl (C=O) groups excluding carboxylic acids is 2. The first-order chi connectivity index (χ1) is 15.4. The predicted molar refractivity (Wildman–Crippen MR) is 126 cm³/mol. The summed E-state index contributed by atoms with van der Waals surface area (Å²) in [6.45, 7) is 0. The molecule has 3 rings (SSSR count). The van der Waals surface area contributed by atoms with Crippen molar-refractivity contribution in [1.82, 2.24) is 0 Å². The average molecular weight is 462 g/mol. The smallest absolute Gasteiger partial charge is 0.205 e. The van der Waals surface area contributed by atoms with Gasteiger partial charge in [0.15, 0.2) is 5.78 Å². The maximum Gasteiger partial charge on any atom is 0.205 e. The summed E-state index contributed by atoms with van der Waals surface area (Å²) in [5.74, 6) is -0.557. The van der Waals surface area contributed by atoms with Crippen molar-refractivity contribution in [3.05, 3.63) is 112 Å². The minimum absolute atomic E-state index is 0.0242. The highest BCUT2D eigenvalue weighted by Crippen LogP contribution is 2.15. The van der Waals surface area contributed by atoms with E-state index in [1.807, 2.05) is 36.4 Å². The molecule has 0 amide bonds. The first-order valence-corrected chi connectivity index (χ1v) is 10.1. The normalized spacial score (nSPS) is 10.1. The third kappa shape index (κ3) is 7.74. The SMILES string of the molecule is N#CC(=CNc1ccccc1)C(=O)c1cccc(Cl)c1.N#CCC(=O)c1cccc(Cl)c1. The lowest BCUT2D eigenvalue weighted by molar-refractivity contribution is 0.0996. The largest absolute Gasteiger partial charge is 0.360 e. The van der Waals surface area contributed by atoms with E-state index in [1.165, 1.54) is 12.3 Å². The molecule has 32 heavy (non-hydrogen) atoms. The molecule has 0 aliphatic rings. The molecule has 0 heterocycles. The number of nitrogens with zero attached hydrogens (tertiary/aromatic N) is 2. The Labute approximate surface area is 196 Å². The van der Waals surface area contributed by atoms with E-state index in [2.05, 4.69) is 5.32 Å². The minimum atomic E-state index is -0.363. The van der Waals surface area contributed by atoms with Gasteiger partial charge in [-0.15, -0.1) is 0 Å². The summed E-state index contributed by atoms with van der Waals surface area (Å²) in [4.78, 5) is 23.3. The van der Waals surface area contributed by atoms with Crippen LogP contribution in [-0.2, 0) is 0 Å².